The average Bonchev–Trinajstić information content (AvgIpc) is 2.67. The van der Waals surface area contributed by atoms with Crippen molar-refractivity contribution < 1.29 is 4.74 Å². The molecule has 1 fully saturated rings. The molecular formula is C24H34N2O. The minimum absolute atomic E-state index is 0.535. The Labute approximate surface area is 164 Å². The highest BCUT2D eigenvalue weighted by Crippen LogP contribution is 2.37. The lowest BCUT2D eigenvalue weighted by atomic mass is 9.77. The maximum atomic E-state index is 5.84. The first-order valence-electron chi connectivity index (χ1n) is 10.5. The van der Waals surface area contributed by atoms with Crippen LogP contribution in [0.3, 0.4) is 0 Å². The van der Waals surface area contributed by atoms with Crippen LogP contribution in [-0.2, 0) is 6.61 Å². The third kappa shape index (κ3) is 5.92. The monoisotopic (exact) mass is 366 g/mol. The molecule has 3 nitrogen and oxygen atoms in total. The molecule has 3 rings (SSSR count). The van der Waals surface area contributed by atoms with Gasteiger partial charge in [0, 0.05) is 23.5 Å². The summed E-state index contributed by atoms with van der Waals surface area (Å²) in [5, 5.41) is 0. The van der Waals surface area contributed by atoms with Crippen LogP contribution >= 0.6 is 0 Å². The third-order valence-corrected chi connectivity index (χ3v) is 5.87. The van der Waals surface area contributed by atoms with Crippen LogP contribution in [-0.4, -0.2) is 0 Å². The standard InChI is InChI=1S/C24H34N2O/c1-2-3-4-5-18-6-10-20(11-7-18)21-12-8-19(9-13-21)17-27-24-15-22(25)14-23(26)16-24/h8-9,12-16,18,20H,2-7,10-11,17,25-26H2,1H3. The normalized spacial score (nSPS) is 19.7. The van der Waals surface area contributed by atoms with Crippen LogP contribution in [0.1, 0.15) is 75.3 Å². The molecule has 1 aliphatic carbocycles. The molecule has 4 N–H and O–H groups in total. The van der Waals surface area contributed by atoms with E-state index in [4.69, 9.17) is 16.2 Å². The van der Waals surface area contributed by atoms with Gasteiger partial charge < -0.3 is 16.2 Å². The maximum Gasteiger partial charge on any atom is 0.123 e. The molecule has 3 heteroatoms. The van der Waals surface area contributed by atoms with E-state index in [2.05, 4.69) is 31.2 Å². The Hall–Kier alpha value is -2.16. The zero-order valence-corrected chi connectivity index (χ0v) is 16.6. The Morgan fingerprint density at radius 1 is 0.889 bits per heavy atom. The number of hydrogen-bond acceptors (Lipinski definition) is 3. The first kappa shape index (κ1) is 19.6. The summed E-state index contributed by atoms with van der Waals surface area (Å²) >= 11 is 0. The topological polar surface area (TPSA) is 61.3 Å². The molecule has 146 valence electrons. The van der Waals surface area contributed by atoms with Crippen molar-refractivity contribution in [3.63, 3.8) is 0 Å². The molecule has 0 radical (unpaired) electrons. The summed E-state index contributed by atoms with van der Waals surface area (Å²) in [5.74, 6) is 2.42. The number of hydrogen-bond donors (Lipinski definition) is 2. The van der Waals surface area contributed by atoms with E-state index in [9.17, 15) is 0 Å². The van der Waals surface area contributed by atoms with Gasteiger partial charge in [0.25, 0.3) is 0 Å². The zero-order valence-electron chi connectivity index (χ0n) is 16.6. The number of anilines is 2. The van der Waals surface area contributed by atoms with Gasteiger partial charge in [-0.05, 0) is 54.7 Å². The van der Waals surface area contributed by atoms with Gasteiger partial charge in [-0.3, -0.25) is 0 Å². The number of unbranched alkanes of at least 4 members (excludes halogenated alkanes) is 2. The molecule has 0 bridgehead atoms. The third-order valence-electron chi connectivity index (χ3n) is 5.87. The minimum atomic E-state index is 0.535. The van der Waals surface area contributed by atoms with Crippen molar-refractivity contribution in [2.75, 3.05) is 11.5 Å². The fraction of sp³-hybridized carbons (Fsp3) is 0.500. The zero-order chi connectivity index (χ0) is 19.1. The highest BCUT2D eigenvalue weighted by Gasteiger charge is 2.21. The van der Waals surface area contributed by atoms with E-state index < -0.39 is 0 Å². The van der Waals surface area contributed by atoms with Crippen LogP contribution in [0.25, 0.3) is 0 Å². The van der Waals surface area contributed by atoms with Crippen molar-refractivity contribution in [2.24, 2.45) is 5.92 Å². The maximum absolute atomic E-state index is 5.84. The van der Waals surface area contributed by atoms with Crippen LogP contribution in [0.4, 0.5) is 11.4 Å². The van der Waals surface area contributed by atoms with Crippen LogP contribution in [0.5, 0.6) is 5.75 Å². The van der Waals surface area contributed by atoms with E-state index in [0.717, 1.165) is 17.6 Å². The van der Waals surface area contributed by atoms with E-state index in [0.29, 0.717) is 18.0 Å². The number of ether oxygens (including phenoxy) is 1. The van der Waals surface area contributed by atoms with Crippen molar-refractivity contribution in [3.05, 3.63) is 53.6 Å². The molecule has 1 saturated carbocycles. The van der Waals surface area contributed by atoms with E-state index in [1.54, 1.807) is 6.07 Å². The van der Waals surface area contributed by atoms with Gasteiger partial charge in [-0.25, -0.2) is 0 Å². The van der Waals surface area contributed by atoms with Crippen molar-refractivity contribution in [1.82, 2.24) is 0 Å². The number of nitrogens with two attached hydrogens (primary N) is 2. The molecule has 0 heterocycles. The summed E-state index contributed by atoms with van der Waals surface area (Å²) in [6, 6.07) is 14.3. The first-order chi connectivity index (χ1) is 13.1. The highest BCUT2D eigenvalue weighted by atomic mass is 16.5. The smallest absolute Gasteiger partial charge is 0.123 e. The Kier molecular flexibility index (Phi) is 7.03. The molecular weight excluding hydrogens is 332 g/mol. The summed E-state index contributed by atoms with van der Waals surface area (Å²) in [6.07, 6.45) is 11.1. The minimum Gasteiger partial charge on any atom is -0.489 e. The van der Waals surface area contributed by atoms with Gasteiger partial charge >= 0.3 is 0 Å². The fourth-order valence-corrected chi connectivity index (χ4v) is 4.25. The number of nitrogen functional groups attached to an aromatic ring is 2. The second kappa shape index (κ2) is 9.68. The summed E-state index contributed by atoms with van der Waals surface area (Å²) < 4.78 is 5.84. The Bertz CT molecular complexity index is 683. The van der Waals surface area contributed by atoms with E-state index in [1.807, 2.05) is 12.1 Å². The van der Waals surface area contributed by atoms with Gasteiger partial charge in [-0.2, -0.15) is 0 Å². The highest BCUT2D eigenvalue weighted by molar-refractivity contribution is 5.56. The summed E-state index contributed by atoms with van der Waals surface area (Å²) in [7, 11) is 0. The molecule has 2 aromatic carbocycles. The number of rotatable bonds is 8. The van der Waals surface area contributed by atoms with Gasteiger partial charge in [0.2, 0.25) is 0 Å². The lowest BCUT2D eigenvalue weighted by molar-refractivity contribution is 0.301. The van der Waals surface area contributed by atoms with Gasteiger partial charge in [0.15, 0.2) is 0 Å². The van der Waals surface area contributed by atoms with Gasteiger partial charge in [0.1, 0.15) is 12.4 Å². The Balaban J connectivity index is 1.47. The van der Waals surface area contributed by atoms with Crippen molar-refractivity contribution in [2.45, 2.75) is 70.8 Å². The molecule has 0 spiro atoms. The largest absolute Gasteiger partial charge is 0.489 e. The second-order valence-corrected chi connectivity index (χ2v) is 8.08. The second-order valence-electron chi connectivity index (χ2n) is 8.08. The van der Waals surface area contributed by atoms with Crippen molar-refractivity contribution >= 4 is 11.4 Å². The molecule has 27 heavy (non-hydrogen) atoms. The molecule has 0 aliphatic heterocycles. The number of benzene rings is 2. The van der Waals surface area contributed by atoms with Crippen LogP contribution in [0.15, 0.2) is 42.5 Å². The Morgan fingerprint density at radius 3 is 2.19 bits per heavy atom. The average molecular weight is 367 g/mol. The van der Waals surface area contributed by atoms with Crippen LogP contribution < -0.4 is 16.2 Å². The lowest BCUT2D eigenvalue weighted by Gasteiger charge is -2.29. The van der Waals surface area contributed by atoms with Gasteiger partial charge in [-0.1, -0.05) is 56.9 Å². The van der Waals surface area contributed by atoms with Crippen LogP contribution in [0, 0.1) is 5.92 Å². The summed E-state index contributed by atoms with van der Waals surface area (Å²) in [5.41, 5.74) is 15.5. The van der Waals surface area contributed by atoms with Gasteiger partial charge in [0.05, 0.1) is 0 Å². The molecule has 2 aromatic rings. The van der Waals surface area contributed by atoms with Crippen molar-refractivity contribution in [3.8, 4) is 5.75 Å². The molecule has 0 saturated heterocycles. The Morgan fingerprint density at radius 2 is 1.56 bits per heavy atom. The fourth-order valence-electron chi connectivity index (χ4n) is 4.25. The van der Waals surface area contributed by atoms with Crippen molar-refractivity contribution in [1.29, 1.82) is 0 Å². The molecule has 0 atom stereocenters. The van der Waals surface area contributed by atoms with Crippen LogP contribution in [0.2, 0.25) is 0 Å². The molecule has 0 aromatic heterocycles. The summed E-state index contributed by atoms with van der Waals surface area (Å²) in [4.78, 5) is 0. The predicted octanol–water partition coefficient (Wildman–Crippen LogP) is 6.28. The van der Waals surface area contributed by atoms with E-state index in [1.165, 1.54) is 62.5 Å². The molecule has 1 aliphatic rings. The SMILES string of the molecule is CCCCCC1CCC(c2ccc(COc3cc(N)cc(N)c3)cc2)CC1. The molecule has 0 amide bonds. The quantitative estimate of drug-likeness (QED) is 0.426. The molecule has 0 unspecified atom stereocenters. The first-order valence-corrected chi connectivity index (χ1v) is 10.5. The van der Waals surface area contributed by atoms with Gasteiger partial charge in [-0.15, -0.1) is 0 Å². The predicted molar refractivity (Wildman–Crippen MR) is 115 cm³/mol. The van der Waals surface area contributed by atoms with E-state index in [-0.39, 0.29) is 0 Å². The lowest BCUT2D eigenvalue weighted by Crippen LogP contribution is -2.13. The van der Waals surface area contributed by atoms with E-state index >= 15 is 0 Å². The summed E-state index contributed by atoms with van der Waals surface area (Å²) in [6.45, 7) is 2.82.